The van der Waals surface area contributed by atoms with Crippen molar-refractivity contribution in [3.8, 4) is 0 Å². The van der Waals surface area contributed by atoms with E-state index in [9.17, 15) is 4.79 Å². The Kier molecular flexibility index (Phi) is 2.32. The summed E-state index contributed by atoms with van der Waals surface area (Å²) in [5.74, 6) is 0.619. The van der Waals surface area contributed by atoms with Crippen molar-refractivity contribution in [1.29, 1.82) is 0 Å². The van der Waals surface area contributed by atoms with Crippen molar-refractivity contribution in [2.24, 2.45) is 5.92 Å². The number of fused-ring (bicyclic) bond motifs is 1. The molecule has 76 valence electrons. The molecule has 1 aromatic heterocycles. The molecule has 0 radical (unpaired) electrons. The first-order chi connectivity index (χ1) is 6.68. The largest absolute Gasteiger partial charge is 0.481 e. The molecule has 2 unspecified atom stereocenters. The van der Waals surface area contributed by atoms with Gasteiger partial charge in [0.1, 0.15) is 5.76 Å². The van der Waals surface area contributed by atoms with Crippen LogP contribution in [0, 0.1) is 5.92 Å². The lowest BCUT2D eigenvalue weighted by atomic mass is 9.78. The molecule has 1 heterocycles. The molecule has 2 atom stereocenters. The zero-order valence-corrected chi connectivity index (χ0v) is 8.19. The van der Waals surface area contributed by atoms with E-state index in [4.69, 9.17) is 9.52 Å². The average Bonchev–Trinajstić information content (AvgIpc) is 2.57. The van der Waals surface area contributed by atoms with Gasteiger partial charge in [0.15, 0.2) is 0 Å². The molecule has 0 saturated heterocycles. The van der Waals surface area contributed by atoms with Gasteiger partial charge >= 0.3 is 5.97 Å². The summed E-state index contributed by atoms with van der Waals surface area (Å²) in [7, 11) is 0. The molecule has 3 heteroatoms. The van der Waals surface area contributed by atoms with E-state index in [0.717, 1.165) is 18.6 Å². The minimum atomic E-state index is -0.744. The third-order valence-electron chi connectivity index (χ3n) is 3.07. The van der Waals surface area contributed by atoms with Crippen molar-refractivity contribution in [1.82, 2.24) is 0 Å². The number of carbonyl (C=O) groups is 1. The van der Waals surface area contributed by atoms with Gasteiger partial charge in [0.2, 0.25) is 0 Å². The molecule has 0 fully saturated rings. The quantitative estimate of drug-likeness (QED) is 0.786. The minimum Gasteiger partial charge on any atom is -0.481 e. The number of hydrogen-bond donors (Lipinski definition) is 1. The van der Waals surface area contributed by atoms with E-state index in [-0.39, 0.29) is 12.3 Å². The van der Waals surface area contributed by atoms with Crippen molar-refractivity contribution in [3.63, 3.8) is 0 Å². The molecule has 0 aliphatic heterocycles. The third-order valence-corrected chi connectivity index (χ3v) is 3.07. The van der Waals surface area contributed by atoms with Gasteiger partial charge in [-0.15, -0.1) is 0 Å². The zero-order valence-electron chi connectivity index (χ0n) is 8.19. The van der Waals surface area contributed by atoms with Crippen LogP contribution in [0.5, 0.6) is 0 Å². The molecule has 1 aromatic rings. The predicted octanol–water partition coefficient (Wildman–Crippen LogP) is 2.42. The standard InChI is InChI=1S/C11H14O3/c1-7-2-3-8-4-5-14-11(8)9(7)6-10(12)13/h4-5,7,9H,2-3,6H2,1H3,(H,12,13). The van der Waals surface area contributed by atoms with Crippen LogP contribution in [-0.2, 0) is 11.2 Å². The van der Waals surface area contributed by atoms with Crippen LogP contribution in [0.25, 0.3) is 0 Å². The molecule has 0 saturated carbocycles. The Hall–Kier alpha value is -1.25. The van der Waals surface area contributed by atoms with E-state index < -0.39 is 5.97 Å². The summed E-state index contributed by atoms with van der Waals surface area (Å²) < 4.78 is 5.38. The van der Waals surface area contributed by atoms with Crippen LogP contribution in [-0.4, -0.2) is 11.1 Å². The number of aliphatic carboxylic acids is 1. The maximum atomic E-state index is 10.7. The van der Waals surface area contributed by atoms with Gasteiger partial charge in [-0.05, 0) is 30.4 Å². The molecule has 3 nitrogen and oxygen atoms in total. The molecule has 0 amide bonds. The first-order valence-corrected chi connectivity index (χ1v) is 4.96. The zero-order chi connectivity index (χ0) is 10.1. The fraction of sp³-hybridized carbons (Fsp3) is 0.545. The van der Waals surface area contributed by atoms with Gasteiger partial charge in [0.05, 0.1) is 12.7 Å². The van der Waals surface area contributed by atoms with E-state index in [2.05, 4.69) is 6.92 Å². The smallest absolute Gasteiger partial charge is 0.304 e. The Bertz CT molecular complexity index is 340. The molecule has 14 heavy (non-hydrogen) atoms. The van der Waals surface area contributed by atoms with Crippen LogP contribution in [0.3, 0.4) is 0 Å². The number of rotatable bonds is 2. The first kappa shape index (κ1) is 9.31. The van der Waals surface area contributed by atoms with Gasteiger partial charge in [-0.1, -0.05) is 6.92 Å². The molecule has 0 bridgehead atoms. The van der Waals surface area contributed by atoms with Crippen molar-refractivity contribution >= 4 is 5.97 Å². The van der Waals surface area contributed by atoms with Gasteiger partial charge < -0.3 is 9.52 Å². The highest BCUT2D eigenvalue weighted by atomic mass is 16.4. The van der Waals surface area contributed by atoms with Crippen LogP contribution >= 0.6 is 0 Å². The molecule has 1 aliphatic rings. The van der Waals surface area contributed by atoms with Crippen molar-refractivity contribution < 1.29 is 14.3 Å². The summed E-state index contributed by atoms with van der Waals surface area (Å²) in [6.45, 7) is 2.10. The number of carboxylic acids is 1. The SMILES string of the molecule is CC1CCc2ccoc2C1CC(=O)O. The van der Waals surface area contributed by atoms with Gasteiger partial charge in [-0.25, -0.2) is 0 Å². The van der Waals surface area contributed by atoms with E-state index in [1.165, 1.54) is 5.56 Å². The lowest BCUT2D eigenvalue weighted by molar-refractivity contribution is -0.137. The fourth-order valence-electron chi connectivity index (χ4n) is 2.20. The summed E-state index contributed by atoms with van der Waals surface area (Å²) in [6, 6.07) is 1.95. The average molecular weight is 194 g/mol. The Morgan fingerprint density at radius 3 is 3.21 bits per heavy atom. The second kappa shape index (κ2) is 3.48. The summed E-state index contributed by atoms with van der Waals surface area (Å²) in [6.07, 6.45) is 3.92. The summed E-state index contributed by atoms with van der Waals surface area (Å²) in [4.78, 5) is 10.7. The molecule has 2 rings (SSSR count). The monoisotopic (exact) mass is 194 g/mol. The van der Waals surface area contributed by atoms with Crippen LogP contribution in [0.2, 0.25) is 0 Å². The van der Waals surface area contributed by atoms with Gasteiger partial charge in [-0.2, -0.15) is 0 Å². The predicted molar refractivity (Wildman–Crippen MR) is 51.2 cm³/mol. The van der Waals surface area contributed by atoms with Crippen molar-refractivity contribution in [2.75, 3.05) is 0 Å². The molecule has 0 aromatic carbocycles. The Morgan fingerprint density at radius 2 is 2.50 bits per heavy atom. The minimum absolute atomic E-state index is 0.0613. The Labute approximate surface area is 82.7 Å². The highest BCUT2D eigenvalue weighted by Crippen LogP contribution is 2.38. The van der Waals surface area contributed by atoms with Gasteiger partial charge in [0, 0.05) is 5.92 Å². The van der Waals surface area contributed by atoms with Crippen LogP contribution < -0.4 is 0 Å². The third kappa shape index (κ3) is 1.54. The number of aryl methyl sites for hydroxylation is 1. The lowest BCUT2D eigenvalue weighted by Crippen LogP contribution is -2.19. The highest BCUT2D eigenvalue weighted by Gasteiger charge is 2.30. The fourth-order valence-corrected chi connectivity index (χ4v) is 2.20. The van der Waals surface area contributed by atoms with E-state index >= 15 is 0 Å². The van der Waals surface area contributed by atoms with Crippen LogP contribution in [0.15, 0.2) is 16.7 Å². The maximum Gasteiger partial charge on any atom is 0.304 e. The molecule has 1 aliphatic carbocycles. The molecular formula is C11H14O3. The highest BCUT2D eigenvalue weighted by molar-refractivity contribution is 5.68. The number of carboxylic acid groups (broad SMARTS) is 1. The van der Waals surface area contributed by atoms with Crippen molar-refractivity contribution in [3.05, 3.63) is 23.7 Å². The second-order valence-corrected chi connectivity index (χ2v) is 4.03. The van der Waals surface area contributed by atoms with E-state index in [1.807, 2.05) is 6.07 Å². The Balaban J connectivity index is 2.26. The number of furan rings is 1. The summed E-state index contributed by atoms with van der Waals surface area (Å²) in [5.41, 5.74) is 1.19. The molecule has 0 spiro atoms. The first-order valence-electron chi connectivity index (χ1n) is 4.96. The van der Waals surface area contributed by atoms with Crippen LogP contribution in [0.1, 0.15) is 37.0 Å². The maximum absolute atomic E-state index is 10.7. The normalized spacial score (nSPS) is 25.8. The second-order valence-electron chi connectivity index (χ2n) is 4.03. The summed E-state index contributed by atoms with van der Waals surface area (Å²) in [5, 5.41) is 8.80. The van der Waals surface area contributed by atoms with Gasteiger partial charge in [-0.3, -0.25) is 4.79 Å². The van der Waals surface area contributed by atoms with Crippen molar-refractivity contribution in [2.45, 2.75) is 32.1 Å². The summed E-state index contributed by atoms with van der Waals surface area (Å²) >= 11 is 0. The van der Waals surface area contributed by atoms with E-state index in [0.29, 0.717) is 5.92 Å². The molecular weight excluding hydrogens is 180 g/mol. The lowest BCUT2D eigenvalue weighted by Gasteiger charge is -2.26. The van der Waals surface area contributed by atoms with E-state index in [1.54, 1.807) is 6.26 Å². The Morgan fingerprint density at radius 1 is 1.71 bits per heavy atom. The number of hydrogen-bond acceptors (Lipinski definition) is 2. The molecule has 1 N–H and O–H groups in total. The van der Waals surface area contributed by atoms with Gasteiger partial charge in [0.25, 0.3) is 0 Å². The topological polar surface area (TPSA) is 50.4 Å². The van der Waals surface area contributed by atoms with Crippen LogP contribution in [0.4, 0.5) is 0 Å².